The number of rotatable bonds is 5. The van der Waals surface area contributed by atoms with Crippen molar-refractivity contribution in [1.82, 2.24) is 9.88 Å². The number of aromatic nitrogens is 1. The maximum Gasteiger partial charge on any atom is 0.100 e. The number of pyridine rings is 1. The molecule has 0 N–H and O–H groups in total. The lowest BCUT2D eigenvalue weighted by molar-refractivity contribution is -0.0823. The van der Waals surface area contributed by atoms with Crippen LogP contribution < -0.4 is 0 Å². The Morgan fingerprint density at radius 3 is 3.12 bits per heavy atom. The van der Waals surface area contributed by atoms with E-state index in [-0.39, 0.29) is 12.2 Å². The van der Waals surface area contributed by atoms with Crippen LogP contribution in [0, 0.1) is 6.92 Å². The zero-order valence-corrected chi connectivity index (χ0v) is 14.9. The van der Waals surface area contributed by atoms with Crippen LogP contribution in [0.5, 0.6) is 0 Å². The topological polar surface area (TPSA) is 34.6 Å². The summed E-state index contributed by atoms with van der Waals surface area (Å²) < 4.78 is 12.3. The van der Waals surface area contributed by atoms with E-state index in [1.807, 2.05) is 35.7 Å². The van der Waals surface area contributed by atoms with E-state index in [0.29, 0.717) is 12.6 Å². The van der Waals surface area contributed by atoms with E-state index in [0.717, 1.165) is 31.8 Å². The van der Waals surface area contributed by atoms with Gasteiger partial charge in [0.05, 0.1) is 18.4 Å². The largest absolute Gasteiger partial charge is 0.374 e. The molecule has 3 atom stereocenters. The number of nitrogens with zero attached hydrogens (tertiary/aromatic N) is 2. The molecule has 4 nitrogen and oxygen atoms in total. The van der Waals surface area contributed by atoms with Crippen LogP contribution >= 0.6 is 11.3 Å². The van der Waals surface area contributed by atoms with E-state index < -0.39 is 0 Å². The fourth-order valence-corrected chi connectivity index (χ4v) is 4.69. The van der Waals surface area contributed by atoms with Crippen molar-refractivity contribution in [3.63, 3.8) is 0 Å². The third kappa shape index (κ3) is 3.40. The summed E-state index contributed by atoms with van der Waals surface area (Å²) in [4.78, 5) is 8.38. The molecular formula is C19H24N2O2S. The highest BCUT2D eigenvalue weighted by molar-refractivity contribution is 7.10. The maximum atomic E-state index is 6.21. The predicted molar refractivity (Wildman–Crippen MR) is 95.0 cm³/mol. The zero-order valence-electron chi connectivity index (χ0n) is 14.1. The van der Waals surface area contributed by atoms with Gasteiger partial charge in [0.2, 0.25) is 0 Å². The Balaban J connectivity index is 1.44. The first-order chi connectivity index (χ1) is 11.8. The predicted octanol–water partition coefficient (Wildman–Crippen LogP) is 3.40. The summed E-state index contributed by atoms with van der Waals surface area (Å²) in [5.74, 6) is 0. The molecule has 4 heterocycles. The average molecular weight is 344 g/mol. The number of hydrogen-bond acceptors (Lipinski definition) is 5. The lowest BCUT2D eigenvalue weighted by Gasteiger charge is -2.32. The van der Waals surface area contributed by atoms with Gasteiger partial charge < -0.3 is 9.47 Å². The molecule has 2 fully saturated rings. The third-order valence-electron chi connectivity index (χ3n) is 5.07. The molecule has 0 bridgehead atoms. The second-order valence-corrected chi connectivity index (χ2v) is 7.67. The lowest BCUT2D eigenvalue weighted by Crippen LogP contribution is -2.41. The van der Waals surface area contributed by atoms with E-state index in [4.69, 9.17) is 9.47 Å². The van der Waals surface area contributed by atoms with Crippen LogP contribution in [-0.4, -0.2) is 41.3 Å². The minimum atomic E-state index is 0.137. The van der Waals surface area contributed by atoms with Gasteiger partial charge in [-0.2, -0.15) is 0 Å². The van der Waals surface area contributed by atoms with E-state index in [1.54, 1.807) is 0 Å². The summed E-state index contributed by atoms with van der Waals surface area (Å²) in [5.41, 5.74) is 2.38. The number of likely N-dealkylation sites (tertiary alicyclic amines) is 1. The van der Waals surface area contributed by atoms with Crippen LogP contribution in [0.2, 0.25) is 0 Å². The molecule has 5 heteroatoms. The fraction of sp³-hybridized carbons (Fsp3) is 0.526. The molecular weight excluding hydrogens is 320 g/mol. The van der Waals surface area contributed by atoms with Gasteiger partial charge in [-0.25, -0.2) is 0 Å². The van der Waals surface area contributed by atoms with E-state index in [2.05, 4.69) is 28.3 Å². The van der Waals surface area contributed by atoms with Gasteiger partial charge in [0.1, 0.15) is 6.10 Å². The van der Waals surface area contributed by atoms with E-state index >= 15 is 0 Å². The van der Waals surface area contributed by atoms with Gasteiger partial charge in [-0.3, -0.25) is 9.88 Å². The number of fused-ring (bicyclic) bond motifs is 1. The SMILES string of the molecule is Cc1ccsc1CN1C[C@@H](OCc2ccccn2)[C@H]2OCCC[C@H]21. The first kappa shape index (κ1) is 16.2. The van der Waals surface area contributed by atoms with Crippen LogP contribution in [0.15, 0.2) is 35.8 Å². The Hall–Kier alpha value is -1.27. The molecule has 2 aliphatic heterocycles. The van der Waals surface area contributed by atoms with Gasteiger partial charge in [-0.15, -0.1) is 11.3 Å². The van der Waals surface area contributed by atoms with E-state index in [1.165, 1.54) is 16.9 Å². The highest BCUT2D eigenvalue weighted by Crippen LogP contribution is 2.33. The minimum Gasteiger partial charge on any atom is -0.374 e. The van der Waals surface area contributed by atoms with Crippen LogP contribution in [0.4, 0.5) is 0 Å². The van der Waals surface area contributed by atoms with Crippen molar-refractivity contribution in [2.24, 2.45) is 0 Å². The standard InChI is InChI=1S/C19H24N2O2S/c1-14-7-10-24-18(14)12-21-11-17(19-16(21)6-4-9-22-19)23-13-15-5-2-3-8-20-15/h2-3,5,7-8,10,16-17,19H,4,6,9,11-13H2,1H3/t16-,17-,19+/m1/s1. The summed E-state index contributed by atoms with van der Waals surface area (Å²) in [6.07, 6.45) is 4.51. The first-order valence-corrected chi connectivity index (χ1v) is 9.59. The Morgan fingerprint density at radius 1 is 1.38 bits per heavy atom. The molecule has 24 heavy (non-hydrogen) atoms. The number of aryl methyl sites for hydroxylation is 1. The van der Waals surface area contributed by atoms with Gasteiger partial charge in [0.25, 0.3) is 0 Å². The summed E-state index contributed by atoms with van der Waals surface area (Å²) >= 11 is 1.85. The van der Waals surface area contributed by atoms with Crippen molar-refractivity contribution in [1.29, 1.82) is 0 Å². The minimum absolute atomic E-state index is 0.137. The Kier molecular flexibility index (Phi) is 4.94. The molecule has 0 unspecified atom stereocenters. The molecule has 0 saturated carbocycles. The van der Waals surface area contributed by atoms with Crippen molar-refractivity contribution in [2.45, 2.75) is 51.2 Å². The molecule has 4 rings (SSSR count). The summed E-state index contributed by atoms with van der Waals surface area (Å²) in [6, 6.07) is 8.64. The smallest absolute Gasteiger partial charge is 0.100 e. The molecule has 0 radical (unpaired) electrons. The van der Waals surface area contributed by atoms with Gasteiger partial charge in [0, 0.05) is 36.8 Å². The van der Waals surface area contributed by atoms with Crippen molar-refractivity contribution < 1.29 is 9.47 Å². The van der Waals surface area contributed by atoms with E-state index in [9.17, 15) is 0 Å². The molecule has 2 aromatic heterocycles. The zero-order chi connectivity index (χ0) is 16.4. The second-order valence-electron chi connectivity index (χ2n) is 6.67. The fourth-order valence-electron chi connectivity index (χ4n) is 3.76. The molecule has 2 saturated heterocycles. The summed E-state index contributed by atoms with van der Waals surface area (Å²) in [5, 5.41) is 2.19. The van der Waals surface area contributed by atoms with Gasteiger partial charge in [-0.1, -0.05) is 6.07 Å². The highest BCUT2D eigenvalue weighted by Gasteiger charge is 2.44. The molecule has 0 aromatic carbocycles. The van der Waals surface area contributed by atoms with Crippen molar-refractivity contribution >= 4 is 11.3 Å². The Bertz CT molecular complexity index is 660. The first-order valence-electron chi connectivity index (χ1n) is 8.71. The second kappa shape index (κ2) is 7.31. The van der Waals surface area contributed by atoms with Crippen molar-refractivity contribution in [3.05, 3.63) is 52.0 Å². The molecule has 0 amide bonds. The molecule has 0 spiro atoms. The Labute approximate surface area is 147 Å². The van der Waals surface area contributed by atoms with Crippen LogP contribution in [-0.2, 0) is 22.6 Å². The molecule has 128 valence electrons. The van der Waals surface area contributed by atoms with Crippen molar-refractivity contribution in [2.75, 3.05) is 13.2 Å². The van der Waals surface area contributed by atoms with Crippen LogP contribution in [0.3, 0.4) is 0 Å². The van der Waals surface area contributed by atoms with Crippen molar-refractivity contribution in [3.8, 4) is 0 Å². The molecule has 2 aromatic rings. The molecule has 0 aliphatic carbocycles. The van der Waals surface area contributed by atoms with Gasteiger partial charge in [0.15, 0.2) is 0 Å². The summed E-state index contributed by atoms with van der Waals surface area (Å²) in [6.45, 7) is 5.57. The highest BCUT2D eigenvalue weighted by atomic mass is 32.1. The third-order valence-corrected chi connectivity index (χ3v) is 6.08. The average Bonchev–Trinajstić information content (AvgIpc) is 3.19. The number of hydrogen-bond donors (Lipinski definition) is 0. The normalized spacial score (nSPS) is 27.3. The lowest BCUT2D eigenvalue weighted by atomic mass is 10.0. The van der Waals surface area contributed by atoms with Gasteiger partial charge >= 0.3 is 0 Å². The maximum absolute atomic E-state index is 6.21. The van der Waals surface area contributed by atoms with Crippen LogP contribution in [0.25, 0.3) is 0 Å². The van der Waals surface area contributed by atoms with Gasteiger partial charge in [-0.05, 0) is 48.9 Å². The Morgan fingerprint density at radius 2 is 2.33 bits per heavy atom. The monoisotopic (exact) mass is 344 g/mol. The number of thiophene rings is 1. The van der Waals surface area contributed by atoms with Crippen LogP contribution in [0.1, 0.15) is 29.0 Å². The quantitative estimate of drug-likeness (QED) is 0.833. The summed E-state index contributed by atoms with van der Waals surface area (Å²) in [7, 11) is 0. The molecule has 2 aliphatic rings. The number of ether oxygens (including phenoxy) is 2.